The Kier molecular flexibility index (Phi) is 3.50. The molecule has 134 valence electrons. The lowest BCUT2D eigenvalue weighted by Gasteiger charge is -2.17. The van der Waals surface area contributed by atoms with E-state index in [-0.39, 0.29) is 41.4 Å². The lowest BCUT2D eigenvalue weighted by molar-refractivity contribution is -0.123. The number of para-hydroxylation sites is 1. The fourth-order valence-electron chi connectivity index (χ4n) is 4.64. The predicted molar refractivity (Wildman–Crippen MR) is 101 cm³/mol. The Bertz CT molecular complexity index is 935. The molecule has 2 aliphatic carbocycles. The number of allylic oxidation sites excluding steroid dienone is 2. The lowest BCUT2D eigenvalue weighted by Crippen LogP contribution is -2.32. The molecule has 1 saturated heterocycles. The van der Waals surface area contributed by atoms with Gasteiger partial charge in [-0.25, -0.2) is 0 Å². The SMILES string of the molecule is O=C(Nc1ccccc1)c1ccc(N2C(=O)[C@@H]3[C@@H](C2=O)[C@@H]2C=C[C@@H]3C2)cc1. The summed E-state index contributed by atoms with van der Waals surface area (Å²) in [6.07, 6.45) is 5.08. The first-order chi connectivity index (χ1) is 13.1. The minimum Gasteiger partial charge on any atom is -0.322 e. The average Bonchev–Trinajstić information content (AvgIpc) is 3.37. The molecule has 2 fully saturated rings. The van der Waals surface area contributed by atoms with Gasteiger partial charge in [0.05, 0.1) is 17.5 Å². The number of rotatable bonds is 3. The second-order valence-corrected chi connectivity index (χ2v) is 7.38. The normalized spacial score (nSPS) is 27.9. The van der Waals surface area contributed by atoms with Crippen LogP contribution in [0, 0.1) is 23.7 Å². The van der Waals surface area contributed by atoms with Crippen molar-refractivity contribution in [3.63, 3.8) is 0 Å². The average molecular weight is 358 g/mol. The van der Waals surface area contributed by atoms with Crippen molar-refractivity contribution in [2.75, 3.05) is 10.2 Å². The number of nitrogens with zero attached hydrogens (tertiary/aromatic N) is 1. The van der Waals surface area contributed by atoms with Gasteiger partial charge in [-0.3, -0.25) is 19.3 Å². The van der Waals surface area contributed by atoms with Gasteiger partial charge in [0, 0.05) is 11.3 Å². The van der Waals surface area contributed by atoms with Crippen LogP contribution in [0.2, 0.25) is 0 Å². The Morgan fingerprint density at radius 2 is 1.44 bits per heavy atom. The minimum atomic E-state index is -0.231. The van der Waals surface area contributed by atoms with Crippen LogP contribution in [0.1, 0.15) is 16.8 Å². The van der Waals surface area contributed by atoms with Crippen molar-refractivity contribution in [3.05, 3.63) is 72.3 Å². The van der Waals surface area contributed by atoms with E-state index in [1.165, 1.54) is 4.90 Å². The van der Waals surface area contributed by atoms with Crippen LogP contribution in [-0.2, 0) is 9.59 Å². The number of fused-ring (bicyclic) bond motifs is 5. The van der Waals surface area contributed by atoms with Crippen molar-refractivity contribution < 1.29 is 14.4 Å². The molecule has 2 aromatic carbocycles. The van der Waals surface area contributed by atoms with Gasteiger partial charge in [-0.2, -0.15) is 0 Å². The van der Waals surface area contributed by atoms with Crippen molar-refractivity contribution in [1.82, 2.24) is 0 Å². The van der Waals surface area contributed by atoms with Gasteiger partial charge in [0.2, 0.25) is 11.8 Å². The summed E-state index contributed by atoms with van der Waals surface area (Å²) in [4.78, 5) is 39.3. The highest BCUT2D eigenvalue weighted by Gasteiger charge is 2.59. The number of carbonyl (C=O) groups is 3. The van der Waals surface area contributed by atoms with Gasteiger partial charge in [0.1, 0.15) is 0 Å². The van der Waals surface area contributed by atoms with E-state index in [0.29, 0.717) is 16.9 Å². The van der Waals surface area contributed by atoms with Crippen LogP contribution in [0.25, 0.3) is 0 Å². The summed E-state index contributed by atoms with van der Waals surface area (Å²) in [7, 11) is 0. The Morgan fingerprint density at radius 1 is 0.852 bits per heavy atom. The molecule has 5 nitrogen and oxygen atoms in total. The monoisotopic (exact) mass is 358 g/mol. The molecular weight excluding hydrogens is 340 g/mol. The topological polar surface area (TPSA) is 66.5 Å². The van der Waals surface area contributed by atoms with Crippen molar-refractivity contribution in [2.45, 2.75) is 6.42 Å². The number of hydrogen-bond donors (Lipinski definition) is 1. The molecule has 3 amide bonds. The molecule has 0 spiro atoms. The number of benzene rings is 2. The molecule has 5 rings (SSSR count). The Labute approximate surface area is 156 Å². The van der Waals surface area contributed by atoms with Gasteiger partial charge < -0.3 is 5.32 Å². The molecule has 0 radical (unpaired) electrons. The van der Waals surface area contributed by atoms with E-state index in [4.69, 9.17) is 0 Å². The Balaban J connectivity index is 1.36. The molecule has 3 aliphatic rings. The van der Waals surface area contributed by atoms with Crippen LogP contribution in [-0.4, -0.2) is 17.7 Å². The van der Waals surface area contributed by atoms with Gasteiger partial charge in [0.15, 0.2) is 0 Å². The number of imide groups is 1. The van der Waals surface area contributed by atoms with E-state index < -0.39 is 0 Å². The quantitative estimate of drug-likeness (QED) is 0.677. The molecule has 0 unspecified atom stereocenters. The van der Waals surface area contributed by atoms with Gasteiger partial charge >= 0.3 is 0 Å². The van der Waals surface area contributed by atoms with Crippen LogP contribution in [0.3, 0.4) is 0 Å². The molecule has 1 N–H and O–H groups in total. The summed E-state index contributed by atoms with van der Waals surface area (Å²) in [6.45, 7) is 0. The smallest absolute Gasteiger partial charge is 0.255 e. The molecule has 1 aliphatic heterocycles. The van der Waals surface area contributed by atoms with Crippen LogP contribution in [0.15, 0.2) is 66.7 Å². The molecule has 0 aromatic heterocycles. The number of nitrogens with one attached hydrogen (secondary N) is 1. The molecule has 2 bridgehead atoms. The third kappa shape index (κ3) is 2.42. The number of carbonyl (C=O) groups excluding carboxylic acids is 3. The second kappa shape index (κ2) is 5.91. The first-order valence-corrected chi connectivity index (χ1v) is 9.16. The number of hydrogen-bond acceptors (Lipinski definition) is 3. The zero-order chi connectivity index (χ0) is 18.5. The zero-order valence-electron chi connectivity index (χ0n) is 14.5. The summed E-state index contributed by atoms with van der Waals surface area (Å²) in [6, 6.07) is 15.8. The van der Waals surface area contributed by atoms with Gasteiger partial charge in [-0.15, -0.1) is 0 Å². The van der Waals surface area contributed by atoms with Crippen molar-refractivity contribution in [3.8, 4) is 0 Å². The van der Waals surface area contributed by atoms with E-state index in [9.17, 15) is 14.4 Å². The molecule has 1 heterocycles. The third-order valence-corrected chi connectivity index (χ3v) is 5.89. The second-order valence-electron chi connectivity index (χ2n) is 7.38. The fraction of sp³-hybridized carbons (Fsp3) is 0.227. The van der Waals surface area contributed by atoms with Crippen LogP contribution in [0.4, 0.5) is 11.4 Å². The van der Waals surface area contributed by atoms with E-state index in [1.807, 2.05) is 30.3 Å². The maximum atomic E-state index is 12.8. The molecule has 4 atom stereocenters. The largest absolute Gasteiger partial charge is 0.322 e. The van der Waals surface area contributed by atoms with E-state index in [0.717, 1.165) is 6.42 Å². The molecule has 5 heteroatoms. The summed E-state index contributed by atoms with van der Waals surface area (Å²) in [5.74, 6) is -0.491. The van der Waals surface area contributed by atoms with E-state index in [1.54, 1.807) is 24.3 Å². The van der Waals surface area contributed by atoms with Crippen molar-refractivity contribution in [1.29, 1.82) is 0 Å². The van der Waals surface area contributed by atoms with E-state index >= 15 is 0 Å². The Morgan fingerprint density at radius 3 is 2.04 bits per heavy atom. The van der Waals surface area contributed by atoms with Crippen molar-refractivity contribution >= 4 is 29.1 Å². The summed E-state index contributed by atoms with van der Waals surface area (Å²) < 4.78 is 0. The molecular formula is C22H18N2O3. The lowest BCUT2D eigenvalue weighted by atomic mass is 9.85. The Hall–Kier alpha value is -3.21. The highest BCUT2D eigenvalue weighted by molar-refractivity contribution is 6.23. The minimum absolute atomic E-state index is 0.108. The highest BCUT2D eigenvalue weighted by atomic mass is 16.2. The van der Waals surface area contributed by atoms with Crippen LogP contribution in [0.5, 0.6) is 0 Å². The van der Waals surface area contributed by atoms with Crippen LogP contribution >= 0.6 is 0 Å². The molecule has 27 heavy (non-hydrogen) atoms. The number of anilines is 2. The van der Waals surface area contributed by atoms with Crippen LogP contribution < -0.4 is 10.2 Å². The van der Waals surface area contributed by atoms with Crippen molar-refractivity contribution in [2.24, 2.45) is 23.7 Å². The maximum Gasteiger partial charge on any atom is 0.255 e. The van der Waals surface area contributed by atoms with Gasteiger partial charge in [-0.1, -0.05) is 30.4 Å². The summed E-state index contributed by atoms with van der Waals surface area (Å²) >= 11 is 0. The maximum absolute atomic E-state index is 12.8. The first-order valence-electron chi connectivity index (χ1n) is 9.16. The van der Waals surface area contributed by atoms with Gasteiger partial charge in [-0.05, 0) is 54.7 Å². The third-order valence-electron chi connectivity index (χ3n) is 5.89. The predicted octanol–water partition coefficient (Wildman–Crippen LogP) is 3.25. The number of amides is 3. The summed E-state index contributed by atoms with van der Waals surface area (Å²) in [5, 5.41) is 2.82. The highest BCUT2D eigenvalue weighted by Crippen LogP contribution is 2.53. The molecule has 2 aromatic rings. The fourth-order valence-corrected chi connectivity index (χ4v) is 4.64. The molecule has 1 saturated carbocycles. The summed E-state index contributed by atoms with van der Waals surface area (Å²) in [5.41, 5.74) is 1.73. The van der Waals surface area contributed by atoms with Gasteiger partial charge in [0.25, 0.3) is 5.91 Å². The zero-order valence-corrected chi connectivity index (χ0v) is 14.5. The standard InChI is InChI=1S/C22H18N2O3/c25-20(23-16-4-2-1-3-5-16)13-8-10-17(11-9-13)24-21(26)18-14-6-7-15(12-14)19(18)22(24)27/h1-11,14-15,18-19H,12H2,(H,23,25)/t14-,15-,18+,19+/m1/s1. The first kappa shape index (κ1) is 16.0. The van der Waals surface area contributed by atoms with E-state index in [2.05, 4.69) is 17.5 Å².